The van der Waals surface area contributed by atoms with Gasteiger partial charge in [-0.25, -0.2) is 0 Å². The molecule has 0 aliphatic heterocycles. The Morgan fingerprint density at radius 1 is 1.31 bits per heavy atom. The summed E-state index contributed by atoms with van der Waals surface area (Å²) in [5, 5.41) is 1.13. The van der Waals surface area contributed by atoms with Crippen LogP contribution in [0.3, 0.4) is 0 Å². The van der Waals surface area contributed by atoms with Crippen LogP contribution in [0.4, 0.5) is 0 Å². The predicted molar refractivity (Wildman–Crippen MR) is 72.7 cm³/mol. The summed E-state index contributed by atoms with van der Waals surface area (Å²) in [5.74, 6) is 0. The average molecular weight is 345 g/mol. The summed E-state index contributed by atoms with van der Waals surface area (Å²) in [4.78, 5) is 4.46. The molecule has 1 heterocycles. The minimum absolute atomic E-state index is 0.717. The smallest absolute Gasteiger partial charge is 0.0747 e. The third-order valence-electron chi connectivity index (χ3n) is 2.45. The van der Waals surface area contributed by atoms with Crippen LogP contribution in [0.1, 0.15) is 5.56 Å². The second-order valence-electron chi connectivity index (χ2n) is 3.48. The Balaban J connectivity index is 2.56. The van der Waals surface area contributed by atoms with Crippen molar-refractivity contribution < 1.29 is 4.74 Å². The summed E-state index contributed by atoms with van der Waals surface area (Å²) in [7, 11) is 1.71. The van der Waals surface area contributed by atoms with Crippen molar-refractivity contribution in [1.82, 2.24) is 4.98 Å². The van der Waals surface area contributed by atoms with Crippen LogP contribution >= 0.6 is 31.9 Å². The van der Waals surface area contributed by atoms with Crippen LogP contribution < -0.4 is 0 Å². The van der Waals surface area contributed by atoms with Gasteiger partial charge in [0.1, 0.15) is 0 Å². The van der Waals surface area contributed by atoms with E-state index >= 15 is 0 Å². The first-order chi connectivity index (χ1) is 7.74. The number of rotatable bonds is 3. The molecule has 0 spiro atoms. The Labute approximate surface area is 111 Å². The SMILES string of the molecule is COCCc1cccc2c(Br)c(Br)cnc12. The highest BCUT2D eigenvalue weighted by molar-refractivity contribution is 9.13. The van der Waals surface area contributed by atoms with E-state index in [-0.39, 0.29) is 0 Å². The normalized spacial score (nSPS) is 10.9. The van der Waals surface area contributed by atoms with Crippen molar-refractivity contribution in [2.45, 2.75) is 6.42 Å². The second-order valence-corrected chi connectivity index (χ2v) is 5.12. The molecule has 0 atom stereocenters. The zero-order chi connectivity index (χ0) is 11.5. The molecule has 84 valence electrons. The minimum atomic E-state index is 0.717. The van der Waals surface area contributed by atoms with Crippen LogP contribution in [0.2, 0.25) is 0 Å². The quantitative estimate of drug-likeness (QED) is 0.841. The van der Waals surface area contributed by atoms with Crippen molar-refractivity contribution >= 4 is 42.8 Å². The van der Waals surface area contributed by atoms with E-state index in [4.69, 9.17) is 4.74 Å². The van der Waals surface area contributed by atoms with Gasteiger partial charge in [-0.2, -0.15) is 0 Å². The predicted octanol–water partition coefficient (Wildman–Crippen LogP) is 3.95. The lowest BCUT2D eigenvalue weighted by molar-refractivity contribution is 0.202. The number of aromatic nitrogens is 1. The number of benzene rings is 1. The first-order valence-electron chi connectivity index (χ1n) is 4.94. The van der Waals surface area contributed by atoms with E-state index in [9.17, 15) is 0 Å². The van der Waals surface area contributed by atoms with E-state index in [1.54, 1.807) is 7.11 Å². The Hall–Kier alpha value is -0.450. The highest BCUT2D eigenvalue weighted by atomic mass is 79.9. The van der Waals surface area contributed by atoms with Crippen LogP contribution in [0.15, 0.2) is 33.3 Å². The number of methoxy groups -OCH3 is 1. The molecule has 0 unspecified atom stereocenters. The van der Waals surface area contributed by atoms with Crippen molar-refractivity contribution in [3.8, 4) is 0 Å². The van der Waals surface area contributed by atoms with Gasteiger partial charge in [-0.05, 0) is 43.8 Å². The molecule has 1 aromatic carbocycles. The topological polar surface area (TPSA) is 22.1 Å². The maximum Gasteiger partial charge on any atom is 0.0747 e. The Bertz CT molecular complexity index is 514. The fourth-order valence-electron chi connectivity index (χ4n) is 1.64. The molecule has 0 aliphatic carbocycles. The van der Waals surface area contributed by atoms with Gasteiger partial charge in [0.25, 0.3) is 0 Å². The van der Waals surface area contributed by atoms with Crippen LogP contribution in [0, 0.1) is 0 Å². The van der Waals surface area contributed by atoms with Gasteiger partial charge in [0.2, 0.25) is 0 Å². The van der Waals surface area contributed by atoms with Crippen LogP contribution in [-0.2, 0) is 11.2 Å². The summed E-state index contributed by atoms with van der Waals surface area (Å²) in [6, 6.07) is 6.20. The molecule has 16 heavy (non-hydrogen) atoms. The lowest BCUT2D eigenvalue weighted by Gasteiger charge is -2.07. The van der Waals surface area contributed by atoms with Crippen molar-refractivity contribution in [1.29, 1.82) is 0 Å². The number of pyridine rings is 1. The summed E-state index contributed by atoms with van der Waals surface area (Å²) in [6.45, 7) is 0.717. The number of fused-ring (bicyclic) bond motifs is 1. The maximum atomic E-state index is 5.10. The second kappa shape index (κ2) is 5.25. The molecule has 0 aliphatic rings. The van der Waals surface area contributed by atoms with Gasteiger partial charge in [0, 0.05) is 23.2 Å². The highest BCUT2D eigenvalue weighted by Crippen LogP contribution is 2.31. The number of para-hydroxylation sites is 1. The third-order valence-corrected chi connectivity index (χ3v) is 4.44. The third kappa shape index (κ3) is 2.29. The summed E-state index contributed by atoms with van der Waals surface area (Å²) in [5.41, 5.74) is 2.25. The van der Waals surface area contributed by atoms with Gasteiger partial charge >= 0.3 is 0 Å². The van der Waals surface area contributed by atoms with E-state index in [0.29, 0.717) is 6.61 Å². The number of ether oxygens (including phenoxy) is 1. The van der Waals surface area contributed by atoms with Crippen LogP contribution in [0.5, 0.6) is 0 Å². The van der Waals surface area contributed by atoms with E-state index in [1.807, 2.05) is 12.3 Å². The van der Waals surface area contributed by atoms with E-state index in [2.05, 4.69) is 49.0 Å². The number of hydrogen-bond donors (Lipinski definition) is 0. The number of hydrogen-bond acceptors (Lipinski definition) is 2. The Morgan fingerprint density at radius 2 is 2.12 bits per heavy atom. The Morgan fingerprint density at radius 3 is 2.88 bits per heavy atom. The lowest BCUT2D eigenvalue weighted by atomic mass is 10.1. The lowest BCUT2D eigenvalue weighted by Crippen LogP contribution is -1.96. The van der Waals surface area contributed by atoms with Crippen LogP contribution in [0.25, 0.3) is 10.9 Å². The van der Waals surface area contributed by atoms with Gasteiger partial charge in [0.15, 0.2) is 0 Å². The Kier molecular flexibility index (Phi) is 3.95. The molecular formula is C12H11Br2NO. The summed E-state index contributed by atoms with van der Waals surface area (Å²) in [6.07, 6.45) is 2.71. The monoisotopic (exact) mass is 343 g/mol. The standard InChI is InChI=1S/C12H11Br2NO/c1-16-6-5-8-3-2-4-9-11(14)10(13)7-15-12(8)9/h2-4,7H,5-6H2,1H3. The molecule has 0 amide bonds. The fourth-order valence-corrected chi connectivity index (χ4v) is 2.38. The average Bonchev–Trinajstić information content (AvgIpc) is 2.31. The van der Waals surface area contributed by atoms with Gasteiger partial charge in [-0.1, -0.05) is 18.2 Å². The van der Waals surface area contributed by atoms with Crippen LogP contribution in [-0.4, -0.2) is 18.7 Å². The molecule has 0 fully saturated rings. The molecule has 2 rings (SSSR count). The van der Waals surface area contributed by atoms with Crippen molar-refractivity contribution in [3.05, 3.63) is 38.9 Å². The highest BCUT2D eigenvalue weighted by Gasteiger charge is 2.07. The number of nitrogens with zero attached hydrogens (tertiary/aromatic N) is 1. The van der Waals surface area contributed by atoms with Gasteiger partial charge in [-0.3, -0.25) is 4.98 Å². The first kappa shape index (κ1) is 12.0. The molecule has 0 saturated carbocycles. The van der Waals surface area contributed by atoms with Gasteiger partial charge in [0.05, 0.1) is 16.6 Å². The summed E-state index contributed by atoms with van der Waals surface area (Å²) >= 11 is 7.02. The van der Waals surface area contributed by atoms with Gasteiger partial charge in [-0.15, -0.1) is 0 Å². The molecule has 2 nitrogen and oxygen atoms in total. The zero-order valence-electron chi connectivity index (χ0n) is 8.84. The summed E-state index contributed by atoms with van der Waals surface area (Å²) < 4.78 is 7.13. The molecular weight excluding hydrogens is 334 g/mol. The maximum absolute atomic E-state index is 5.10. The minimum Gasteiger partial charge on any atom is -0.384 e. The first-order valence-corrected chi connectivity index (χ1v) is 6.53. The van der Waals surface area contributed by atoms with Crippen molar-refractivity contribution in [3.63, 3.8) is 0 Å². The molecule has 0 bridgehead atoms. The largest absolute Gasteiger partial charge is 0.384 e. The fraction of sp³-hybridized carbons (Fsp3) is 0.250. The van der Waals surface area contributed by atoms with Crippen molar-refractivity contribution in [2.24, 2.45) is 0 Å². The number of halogens is 2. The van der Waals surface area contributed by atoms with E-state index in [0.717, 1.165) is 26.3 Å². The van der Waals surface area contributed by atoms with Crippen molar-refractivity contribution in [2.75, 3.05) is 13.7 Å². The molecule has 0 saturated heterocycles. The molecule has 2 aromatic rings. The van der Waals surface area contributed by atoms with E-state index < -0.39 is 0 Å². The zero-order valence-corrected chi connectivity index (χ0v) is 12.0. The molecule has 0 radical (unpaired) electrons. The molecule has 0 N–H and O–H groups in total. The van der Waals surface area contributed by atoms with E-state index in [1.165, 1.54) is 5.56 Å². The van der Waals surface area contributed by atoms with Gasteiger partial charge < -0.3 is 4.74 Å². The molecule has 4 heteroatoms. The molecule has 1 aromatic heterocycles.